The molecule has 1 saturated heterocycles. The van der Waals surface area contributed by atoms with Crippen LogP contribution in [0.5, 0.6) is 0 Å². The van der Waals surface area contributed by atoms with E-state index < -0.39 is 0 Å². The summed E-state index contributed by atoms with van der Waals surface area (Å²) in [5, 5.41) is 0. The lowest BCUT2D eigenvalue weighted by Crippen LogP contribution is -2.50. The number of hydrogen-bond donors (Lipinski definition) is 1. The van der Waals surface area contributed by atoms with E-state index in [0.717, 1.165) is 30.6 Å². The fourth-order valence-corrected chi connectivity index (χ4v) is 2.95. The number of ether oxygens (including phenoxy) is 1. The van der Waals surface area contributed by atoms with E-state index in [-0.39, 0.29) is 12.1 Å². The molecular formula is C15H23BrN2O. The molecule has 1 heterocycles. The molecule has 3 unspecified atom stereocenters. The third kappa shape index (κ3) is 3.78. The van der Waals surface area contributed by atoms with Gasteiger partial charge in [-0.2, -0.15) is 0 Å². The molecule has 0 aromatic heterocycles. The molecule has 2 rings (SSSR count). The Morgan fingerprint density at radius 3 is 2.68 bits per heavy atom. The molecule has 106 valence electrons. The van der Waals surface area contributed by atoms with Crippen molar-refractivity contribution >= 4 is 15.9 Å². The smallest absolute Gasteiger partial charge is 0.0850 e. The van der Waals surface area contributed by atoms with Crippen molar-refractivity contribution in [3.05, 3.63) is 34.3 Å². The Labute approximate surface area is 124 Å². The predicted molar refractivity (Wildman–Crippen MR) is 82.1 cm³/mol. The van der Waals surface area contributed by atoms with E-state index >= 15 is 0 Å². The summed E-state index contributed by atoms with van der Waals surface area (Å²) in [7, 11) is 0. The summed E-state index contributed by atoms with van der Waals surface area (Å²) < 4.78 is 6.87. The molecule has 0 amide bonds. The van der Waals surface area contributed by atoms with E-state index in [1.54, 1.807) is 0 Å². The SMILES string of the molecule is CCC(c1ccc(Br)cc1)N1CCOC(C(C)N)C1. The second-order valence-electron chi connectivity index (χ2n) is 5.24. The molecule has 0 aliphatic carbocycles. The third-order valence-electron chi connectivity index (χ3n) is 3.79. The molecule has 0 spiro atoms. The van der Waals surface area contributed by atoms with Crippen LogP contribution in [-0.2, 0) is 4.74 Å². The quantitative estimate of drug-likeness (QED) is 0.924. The molecule has 19 heavy (non-hydrogen) atoms. The Balaban J connectivity index is 2.10. The Kier molecular flexibility index (Phi) is 5.39. The summed E-state index contributed by atoms with van der Waals surface area (Å²) in [5.41, 5.74) is 7.34. The van der Waals surface area contributed by atoms with Gasteiger partial charge in [0.1, 0.15) is 0 Å². The number of benzene rings is 1. The van der Waals surface area contributed by atoms with Crippen molar-refractivity contribution in [2.75, 3.05) is 19.7 Å². The normalized spacial score (nSPS) is 24.1. The maximum Gasteiger partial charge on any atom is 0.0850 e. The van der Waals surface area contributed by atoms with Gasteiger partial charge in [-0.1, -0.05) is 35.0 Å². The van der Waals surface area contributed by atoms with Gasteiger partial charge in [-0.15, -0.1) is 0 Å². The minimum atomic E-state index is 0.0882. The molecule has 3 nitrogen and oxygen atoms in total. The highest BCUT2D eigenvalue weighted by molar-refractivity contribution is 9.10. The number of rotatable bonds is 4. The highest BCUT2D eigenvalue weighted by atomic mass is 79.9. The van der Waals surface area contributed by atoms with Gasteiger partial charge in [-0.25, -0.2) is 0 Å². The molecular weight excluding hydrogens is 304 g/mol. The monoisotopic (exact) mass is 326 g/mol. The first-order chi connectivity index (χ1) is 9.11. The van der Waals surface area contributed by atoms with Gasteiger partial charge in [0, 0.05) is 29.6 Å². The van der Waals surface area contributed by atoms with Crippen molar-refractivity contribution < 1.29 is 4.74 Å². The minimum absolute atomic E-state index is 0.0882. The van der Waals surface area contributed by atoms with E-state index in [2.05, 4.69) is 52.0 Å². The summed E-state index contributed by atoms with van der Waals surface area (Å²) in [6.07, 6.45) is 1.26. The van der Waals surface area contributed by atoms with Crippen LogP contribution in [-0.4, -0.2) is 36.7 Å². The third-order valence-corrected chi connectivity index (χ3v) is 4.32. The van der Waals surface area contributed by atoms with Crippen molar-refractivity contribution in [3.8, 4) is 0 Å². The van der Waals surface area contributed by atoms with Crippen LogP contribution in [0.25, 0.3) is 0 Å². The van der Waals surface area contributed by atoms with Crippen molar-refractivity contribution in [1.29, 1.82) is 0 Å². The first-order valence-corrected chi connectivity index (χ1v) is 7.77. The number of nitrogens with two attached hydrogens (primary N) is 1. The molecule has 0 bridgehead atoms. The van der Waals surface area contributed by atoms with Crippen molar-refractivity contribution in [2.24, 2.45) is 5.73 Å². The maximum atomic E-state index is 5.97. The van der Waals surface area contributed by atoms with Crippen molar-refractivity contribution in [3.63, 3.8) is 0 Å². The number of hydrogen-bond acceptors (Lipinski definition) is 3. The second kappa shape index (κ2) is 6.84. The van der Waals surface area contributed by atoms with Crippen LogP contribution in [0.4, 0.5) is 0 Å². The van der Waals surface area contributed by atoms with E-state index in [1.165, 1.54) is 5.56 Å². The van der Waals surface area contributed by atoms with Crippen LogP contribution in [0.2, 0.25) is 0 Å². The largest absolute Gasteiger partial charge is 0.374 e. The zero-order valence-corrected chi connectivity index (χ0v) is 13.3. The zero-order chi connectivity index (χ0) is 13.8. The van der Waals surface area contributed by atoms with Gasteiger partial charge in [-0.05, 0) is 31.0 Å². The number of halogens is 1. The Morgan fingerprint density at radius 2 is 2.11 bits per heavy atom. The molecule has 4 heteroatoms. The van der Waals surface area contributed by atoms with Crippen LogP contribution in [0.15, 0.2) is 28.7 Å². The predicted octanol–water partition coefficient (Wildman–Crippen LogP) is 2.95. The molecule has 1 aliphatic rings. The van der Waals surface area contributed by atoms with Crippen LogP contribution < -0.4 is 5.73 Å². The standard InChI is InChI=1S/C15H23BrN2O/c1-3-14(12-4-6-13(16)7-5-12)18-8-9-19-15(10-18)11(2)17/h4-7,11,14-15H,3,8-10,17H2,1-2H3. The lowest BCUT2D eigenvalue weighted by atomic mass is 10.0. The van der Waals surface area contributed by atoms with E-state index in [0.29, 0.717) is 6.04 Å². The highest BCUT2D eigenvalue weighted by Gasteiger charge is 2.28. The molecule has 1 aromatic carbocycles. The molecule has 3 atom stereocenters. The van der Waals surface area contributed by atoms with E-state index in [9.17, 15) is 0 Å². The Morgan fingerprint density at radius 1 is 1.42 bits per heavy atom. The Hall–Kier alpha value is -0.420. The van der Waals surface area contributed by atoms with Gasteiger partial charge in [0.05, 0.1) is 12.7 Å². The summed E-state index contributed by atoms with van der Waals surface area (Å²) in [5.74, 6) is 0. The van der Waals surface area contributed by atoms with Crippen molar-refractivity contribution in [1.82, 2.24) is 4.90 Å². The summed E-state index contributed by atoms with van der Waals surface area (Å²) >= 11 is 3.49. The van der Waals surface area contributed by atoms with E-state index in [4.69, 9.17) is 10.5 Å². The molecule has 0 radical (unpaired) electrons. The lowest BCUT2D eigenvalue weighted by Gasteiger charge is -2.39. The average molecular weight is 327 g/mol. The van der Waals surface area contributed by atoms with Crippen LogP contribution in [0.3, 0.4) is 0 Å². The summed E-state index contributed by atoms with van der Waals surface area (Å²) in [6, 6.07) is 9.18. The summed E-state index contributed by atoms with van der Waals surface area (Å²) in [6.45, 7) is 6.95. The molecule has 1 aliphatic heterocycles. The zero-order valence-electron chi connectivity index (χ0n) is 11.7. The fourth-order valence-electron chi connectivity index (χ4n) is 2.69. The Bertz CT molecular complexity index is 394. The fraction of sp³-hybridized carbons (Fsp3) is 0.600. The van der Waals surface area contributed by atoms with E-state index in [1.807, 2.05) is 6.92 Å². The molecule has 2 N–H and O–H groups in total. The summed E-state index contributed by atoms with van der Waals surface area (Å²) in [4.78, 5) is 2.50. The van der Waals surface area contributed by atoms with Gasteiger partial charge >= 0.3 is 0 Å². The minimum Gasteiger partial charge on any atom is -0.374 e. The highest BCUT2D eigenvalue weighted by Crippen LogP contribution is 2.27. The average Bonchev–Trinajstić information content (AvgIpc) is 2.42. The first kappa shape index (κ1) is 15.0. The molecule has 1 fully saturated rings. The van der Waals surface area contributed by atoms with Crippen LogP contribution in [0, 0.1) is 0 Å². The maximum absolute atomic E-state index is 5.97. The van der Waals surface area contributed by atoms with Gasteiger partial charge in [0.2, 0.25) is 0 Å². The number of morpholine rings is 1. The number of nitrogens with zero attached hydrogens (tertiary/aromatic N) is 1. The molecule has 0 saturated carbocycles. The van der Waals surface area contributed by atoms with Crippen molar-refractivity contribution in [2.45, 2.75) is 38.5 Å². The molecule has 1 aromatic rings. The van der Waals surface area contributed by atoms with Gasteiger partial charge < -0.3 is 10.5 Å². The lowest BCUT2D eigenvalue weighted by molar-refractivity contribution is -0.0526. The topological polar surface area (TPSA) is 38.5 Å². The van der Waals surface area contributed by atoms with Gasteiger partial charge in [-0.3, -0.25) is 4.90 Å². The van der Waals surface area contributed by atoms with Crippen LogP contribution >= 0.6 is 15.9 Å². The second-order valence-corrected chi connectivity index (χ2v) is 6.15. The first-order valence-electron chi connectivity index (χ1n) is 6.98. The van der Waals surface area contributed by atoms with Gasteiger partial charge in [0.25, 0.3) is 0 Å². The van der Waals surface area contributed by atoms with Gasteiger partial charge in [0.15, 0.2) is 0 Å². The van der Waals surface area contributed by atoms with Crippen LogP contribution in [0.1, 0.15) is 31.9 Å².